The summed E-state index contributed by atoms with van der Waals surface area (Å²) in [5.74, 6) is -0.194. The molecular formula is C14H18N2O2. The Balaban J connectivity index is 1.85. The van der Waals surface area contributed by atoms with E-state index in [0.717, 1.165) is 19.4 Å². The third-order valence-corrected chi connectivity index (χ3v) is 3.31. The van der Waals surface area contributed by atoms with Crippen molar-refractivity contribution in [1.29, 1.82) is 0 Å². The van der Waals surface area contributed by atoms with Crippen molar-refractivity contribution in [2.24, 2.45) is 0 Å². The highest BCUT2D eigenvalue weighted by molar-refractivity contribution is 5.96. The highest BCUT2D eigenvalue weighted by atomic mass is 16.2. The molecule has 1 aliphatic rings. The molecule has 0 aromatic heterocycles. The van der Waals surface area contributed by atoms with E-state index in [-0.39, 0.29) is 18.4 Å². The number of nitrogens with one attached hydrogen (secondary N) is 1. The summed E-state index contributed by atoms with van der Waals surface area (Å²) in [6, 6.07) is 9.23. The van der Waals surface area contributed by atoms with Gasteiger partial charge in [0.15, 0.2) is 0 Å². The van der Waals surface area contributed by atoms with Gasteiger partial charge in [-0.1, -0.05) is 18.2 Å². The van der Waals surface area contributed by atoms with E-state index in [2.05, 4.69) is 5.32 Å². The molecular weight excluding hydrogens is 228 g/mol. The Hall–Kier alpha value is -1.84. The van der Waals surface area contributed by atoms with Crippen LogP contribution in [0.5, 0.6) is 0 Å². The van der Waals surface area contributed by atoms with Crippen LogP contribution in [0.3, 0.4) is 0 Å². The lowest BCUT2D eigenvalue weighted by Gasteiger charge is -2.21. The van der Waals surface area contributed by atoms with Gasteiger partial charge in [0.1, 0.15) is 0 Å². The fourth-order valence-electron chi connectivity index (χ4n) is 2.25. The molecule has 0 spiro atoms. The van der Waals surface area contributed by atoms with E-state index >= 15 is 0 Å². The molecule has 1 saturated heterocycles. The first-order valence-electron chi connectivity index (χ1n) is 6.31. The summed E-state index contributed by atoms with van der Waals surface area (Å²) in [4.78, 5) is 25.5. The normalized spacial score (nSPS) is 18.7. The molecule has 4 heteroatoms. The molecule has 2 amide bonds. The molecule has 1 atom stereocenters. The van der Waals surface area contributed by atoms with Crippen molar-refractivity contribution < 1.29 is 9.59 Å². The Labute approximate surface area is 107 Å². The molecule has 1 N–H and O–H groups in total. The van der Waals surface area contributed by atoms with Crippen LogP contribution in [0.25, 0.3) is 0 Å². The minimum atomic E-state index is -0.198. The number of carbonyl (C=O) groups is 2. The van der Waals surface area contributed by atoms with Crippen LogP contribution in [0.2, 0.25) is 0 Å². The van der Waals surface area contributed by atoms with Crippen LogP contribution in [0, 0.1) is 0 Å². The lowest BCUT2D eigenvalue weighted by atomic mass is 10.2. The Morgan fingerprint density at radius 1 is 1.33 bits per heavy atom. The highest BCUT2D eigenvalue weighted by Crippen LogP contribution is 2.15. The average molecular weight is 246 g/mol. The van der Waals surface area contributed by atoms with Crippen molar-refractivity contribution in [2.45, 2.75) is 25.8 Å². The van der Waals surface area contributed by atoms with Crippen LogP contribution in [0.1, 0.15) is 30.1 Å². The minimum absolute atomic E-state index is 0.00396. The topological polar surface area (TPSA) is 49.4 Å². The molecule has 18 heavy (non-hydrogen) atoms. The van der Waals surface area contributed by atoms with Gasteiger partial charge in [-0.2, -0.15) is 0 Å². The zero-order chi connectivity index (χ0) is 13.0. The smallest absolute Gasteiger partial charge is 0.251 e. The zero-order valence-electron chi connectivity index (χ0n) is 10.6. The fraction of sp³-hybridized carbons (Fsp3) is 0.429. The van der Waals surface area contributed by atoms with Crippen LogP contribution < -0.4 is 5.32 Å². The van der Waals surface area contributed by atoms with Gasteiger partial charge in [0, 0.05) is 18.2 Å². The number of hydrogen-bond acceptors (Lipinski definition) is 2. The van der Waals surface area contributed by atoms with E-state index in [1.165, 1.54) is 0 Å². The number of amides is 2. The van der Waals surface area contributed by atoms with Crippen molar-refractivity contribution in [3.63, 3.8) is 0 Å². The second-order valence-electron chi connectivity index (χ2n) is 4.63. The van der Waals surface area contributed by atoms with Gasteiger partial charge in [-0.05, 0) is 31.9 Å². The molecule has 4 nitrogen and oxygen atoms in total. The number of hydrogen-bond donors (Lipinski definition) is 1. The van der Waals surface area contributed by atoms with Crippen LogP contribution in [0.4, 0.5) is 0 Å². The molecule has 1 heterocycles. The molecule has 0 aliphatic carbocycles. The third kappa shape index (κ3) is 2.88. The Morgan fingerprint density at radius 3 is 2.67 bits per heavy atom. The summed E-state index contributed by atoms with van der Waals surface area (Å²) >= 11 is 0. The summed E-state index contributed by atoms with van der Waals surface area (Å²) in [5.41, 5.74) is 0.583. The van der Waals surface area contributed by atoms with Crippen LogP contribution in [-0.4, -0.2) is 35.8 Å². The predicted molar refractivity (Wildman–Crippen MR) is 69.2 cm³/mol. The summed E-state index contributed by atoms with van der Waals surface area (Å²) in [7, 11) is 0. The minimum Gasteiger partial charge on any atom is -0.343 e. The van der Waals surface area contributed by atoms with E-state index in [1.807, 2.05) is 17.9 Å². The van der Waals surface area contributed by atoms with E-state index in [4.69, 9.17) is 0 Å². The maximum absolute atomic E-state index is 11.9. The van der Waals surface area contributed by atoms with Gasteiger partial charge in [-0.15, -0.1) is 0 Å². The molecule has 0 radical (unpaired) electrons. The number of benzene rings is 1. The van der Waals surface area contributed by atoms with Crippen LogP contribution in [0.15, 0.2) is 30.3 Å². The first-order valence-corrected chi connectivity index (χ1v) is 6.31. The first-order chi connectivity index (χ1) is 8.68. The quantitative estimate of drug-likeness (QED) is 0.877. The predicted octanol–water partition coefficient (Wildman–Crippen LogP) is 1.43. The lowest BCUT2D eigenvalue weighted by Crippen LogP contribution is -2.41. The van der Waals surface area contributed by atoms with Crippen molar-refractivity contribution >= 4 is 11.8 Å². The van der Waals surface area contributed by atoms with E-state index in [1.54, 1.807) is 24.3 Å². The van der Waals surface area contributed by atoms with E-state index in [9.17, 15) is 9.59 Å². The van der Waals surface area contributed by atoms with E-state index < -0.39 is 0 Å². The van der Waals surface area contributed by atoms with Gasteiger partial charge in [0.2, 0.25) is 5.91 Å². The van der Waals surface area contributed by atoms with Gasteiger partial charge in [-0.25, -0.2) is 0 Å². The fourth-order valence-corrected chi connectivity index (χ4v) is 2.25. The number of nitrogens with zero attached hydrogens (tertiary/aromatic N) is 1. The number of carbonyl (C=O) groups excluding carboxylic acids is 2. The molecule has 96 valence electrons. The first kappa shape index (κ1) is 12.6. The van der Waals surface area contributed by atoms with Gasteiger partial charge < -0.3 is 10.2 Å². The standard InChI is InChI=1S/C14H18N2O2/c1-11-6-5-9-16(11)13(17)10-15-14(18)12-7-3-2-4-8-12/h2-4,7-8,11H,5-6,9-10H2,1H3,(H,15,18). The monoisotopic (exact) mass is 246 g/mol. The highest BCUT2D eigenvalue weighted by Gasteiger charge is 2.24. The summed E-state index contributed by atoms with van der Waals surface area (Å²) in [6.45, 7) is 2.93. The average Bonchev–Trinajstić information content (AvgIpc) is 2.83. The molecule has 2 rings (SSSR count). The molecule has 1 unspecified atom stereocenters. The van der Waals surface area contributed by atoms with Crippen molar-refractivity contribution in [3.05, 3.63) is 35.9 Å². The third-order valence-electron chi connectivity index (χ3n) is 3.31. The van der Waals surface area contributed by atoms with Gasteiger partial charge in [-0.3, -0.25) is 9.59 Å². The van der Waals surface area contributed by atoms with Gasteiger partial charge >= 0.3 is 0 Å². The van der Waals surface area contributed by atoms with Crippen molar-refractivity contribution in [1.82, 2.24) is 10.2 Å². The second-order valence-corrected chi connectivity index (χ2v) is 4.63. The molecule has 1 aromatic carbocycles. The number of rotatable bonds is 3. The van der Waals surface area contributed by atoms with Crippen molar-refractivity contribution in [2.75, 3.05) is 13.1 Å². The van der Waals surface area contributed by atoms with Gasteiger partial charge in [0.25, 0.3) is 5.91 Å². The Bertz CT molecular complexity index is 431. The Morgan fingerprint density at radius 2 is 2.06 bits per heavy atom. The van der Waals surface area contributed by atoms with E-state index in [0.29, 0.717) is 11.6 Å². The molecule has 1 aliphatic heterocycles. The maximum Gasteiger partial charge on any atom is 0.251 e. The molecule has 0 saturated carbocycles. The molecule has 1 aromatic rings. The summed E-state index contributed by atoms with van der Waals surface area (Å²) in [5, 5.41) is 2.67. The SMILES string of the molecule is CC1CCCN1C(=O)CNC(=O)c1ccccc1. The van der Waals surface area contributed by atoms with Crippen molar-refractivity contribution in [3.8, 4) is 0 Å². The number of likely N-dealkylation sites (tertiary alicyclic amines) is 1. The Kier molecular flexibility index (Phi) is 3.97. The van der Waals surface area contributed by atoms with Gasteiger partial charge in [0.05, 0.1) is 6.54 Å². The summed E-state index contributed by atoms with van der Waals surface area (Å²) < 4.78 is 0. The molecule has 0 bridgehead atoms. The zero-order valence-corrected chi connectivity index (χ0v) is 10.6. The second kappa shape index (κ2) is 5.67. The maximum atomic E-state index is 11.9. The molecule has 1 fully saturated rings. The van der Waals surface area contributed by atoms with Crippen LogP contribution in [-0.2, 0) is 4.79 Å². The lowest BCUT2D eigenvalue weighted by molar-refractivity contribution is -0.130. The van der Waals surface area contributed by atoms with Crippen LogP contribution >= 0.6 is 0 Å². The largest absolute Gasteiger partial charge is 0.343 e. The summed E-state index contributed by atoms with van der Waals surface area (Å²) in [6.07, 6.45) is 2.11.